The molecule has 158 valence electrons. The normalized spacial score (nSPS) is 15.9. The fourth-order valence-corrected chi connectivity index (χ4v) is 3.81. The van der Waals surface area contributed by atoms with Crippen LogP contribution in [-0.4, -0.2) is 54.2 Å². The van der Waals surface area contributed by atoms with Crippen LogP contribution in [-0.2, 0) is 27.2 Å². The third kappa shape index (κ3) is 5.47. The summed E-state index contributed by atoms with van der Waals surface area (Å²) < 4.78 is 0. The SMILES string of the molecule is CCc1ccccc1NC(=O)CN(C)C(=O)C1CC(=O)N(CCc2ccccc2)C1. The fourth-order valence-electron chi connectivity index (χ4n) is 3.81. The first-order valence-corrected chi connectivity index (χ1v) is 10.4. The average molecular weight is 408 g/mol. The highest BCUT2D eigenvalue weighted by Gasteiger charge is 2.35. The maximum atomic E-state index is 12.8. The molecule has 0 bridgehead atoms. The highest BCUT2D eigenvalue weighted by Crippen LogP contribution is 2.21. The van der Waals surface area contributed by atoms with E-state index in [9.17, 15) is 14.4 Å². The number of nitrogens with one attached hydrogen (secondary N) is 1. The third-order valence-electron chi connectivity index (χ3n) is 5.51. The predicted octanol–water partition coefficient (Wildman–Crippen LogP) is 2.74. The lowest BCUT2D eigenvalue weighted by atomic mass is 10.1. The molecule has 1 heterocycles. The monoisotopic (exact) mass is 407 g/mol. The van der Waals surface area contributed by atoms with Crippen molar-refractivity contribution in [2.75, 3.05) is 32.0 Å². The van der Waals surface area contributed by atoms with Crippen LogP contribution < -0.4 is 5.32 Å². The summed E-state index contributed by atoms with van der Waals surface area (Å²) in [4.78, 5) is 40.7. The molecule has 0 aliphatic carbocycles. The molecule has 1 fully saturated rings. The van der Waals surface area contributed by atoms with Crippen LogP contribution in [0.2, 0.25) is 0 Å². The summed E-state index contributed by atoms with van der Waals surface area (Å²) in [5.41, 5.74) is 2.99. The van der Waals surface area contributed by atoms with Gasteiger partial charge in [0.15, 0.2) is 0 Å². The minimum absolute atomic E-state index is 0.000921. The van der Waals surface area contributed by atoms with Crippen LogP contribution in [0.25, 0.3) is 0 Å². The first kappa shape index (κ1) is 21.6. The van der Waals surface area contributed by atoms with Crippen molar-refractivity contribution in [1.82, 2.24) is 9.80 Å². The van der Waals surface area contributed by atoms with E-state index in [0.29, 0.717) is 13.1 Å². The van der Waals surface area contributed by atoms with Gasteiger partial charge in [-0.05, 0) is 30.0 Å². The van der Waals surface area contributed by atoms with E-state index in [-0.39, 0.29) is 30.7 Å². The Balaban J connectivity index is 1.50. The molecule has 0 aromatic heterocycles. The Labute approximate surface area is 177 Å². The number of benzene rings is 2. The molecule has 1 N–H and O–H groups in total. The van der Waals surface area contributed by atoms with E-state index in [4.69, 9.17) is 0 Å². The highest BCUT2D eigenvalue weighted by atomic mass is 16.2. The molecule has 30 heavy (non-hydrogen) atoms. The molecule has 6 heteroatoms. The highest BCUT2D eigenvalue weighted by molar-refractivity contribution is 5.96. The van der Waals surface area contributed by atoms with Crippen LogP contribution in [0.1, 0.15) is 24.5 Å². The summed E-state index contributed by atoms with van der Waals surface area (Å²) in [6.07, 6.45) is 1.79. The topological polar surface area (TPSA) is 69.7 Å². The molecule has 3 rings (SSSR count). The van der Waals surface area contributed by atoms with E-state index >= 15 is 0 Å². The van der Waals surface area contributed by atoms with Gasteiger partial charge in [0.05, 0.1) is 12.5 Å². The van der Waals surface area contributed by atoms with Crippen molar-refractivity contribution in [3.63, 3.8) is 0 Å². The maximum Gasteiger partial charge on any atom is 0.243 e. The van der Waals surface area contributed by atoms with Crippen molar-refractivity contribution in [1.29, 1.82) is 0 Å². The Morgan fingerprint density at radius 2 is 1.80 bits per heavy atom. The van der Waals surface area contributed by atoms with E-state index in [1.54, 1.807) is 11.9 Å². The number of anilines is 1. The second-order valence-electron chi connectivity index (χ2n) is 7.73. The summed E-state index contributed by atoms with van der Waals surface area (Å²) in [5.74, 6) is -0.797. The van der Waals surface area contributed by atoms with E-state index in [0.717, 1.165) is 24.1 Å². The second kappa shape index (κ2) is 10.1. The number of carbonyl (C=O) groups excluding carboxylic acids is 3. The van der Waals surface area contributed by atoms with E-state index in [1.165, 1.54) is 10.5 Å². The first-order chi connectivity index (χ1) is 14.5. The van der Waals surface area contributed by atoms with Gasteiger partial charge in [-0.2, -0.15) is 0 Å². The van der Waals surface area contributed by atoms with Gasteiger partial charge in [-0.3, -0.25) is 14.4 Å². The van der Waals surface area contributed by atoms with E-state index in [1.807, 2.05) is 61.5 Å². The molecular formula is C24H29N3O3. The van der Waals surface area contributed by atoms with Gasteiger partial charge in [-0.15, -0.1) is 0 Å². The van der Waals surface area contributed by atoms with Crippen LogP contribution in [0.4, 0.5) is 5.69 Å². The quantitative estimate of drug-likeness (QED) is 0.732. The number of hydrogen-bond acceptors (Lipinski definition) is 3. The predicted molar refractivity (Wildman–Crippen MR) is 117 cm³/mol. The number of amides is 3. The lowest BCUT2D eigenvalue weighted by molar-refractivity contribution is -0.137. The van der Waals surface area contributed by atoms with Gasteiger partial charge in [0, 0.05) is 32.2 Å². The number of rotatable bonds is 8. The minimum atomic E-state index is -0.394. The van der Waals surface area contributed by atoms with Crippen molar-refractivity contribution >= 4 is 23.4 Å². The third-order valence-corrected chi connectivity index (χ3v) is 5.51. The second-order valence-corrected chi connectivity index (χ2v) is 7.73. The number of nitrogens with zero attached hydrogens (tertiary/aromatic N) is 2. The first-order valence-electron chi connectivity index (χ1n) is 10.4. The number of likely N-dealkylation sites (tertiary alicyclic amines) is 1. The molecule has 0 radical (unpaired) electrons. The van der Waals surface area contributed by atoms with E-state index < -0.39 is 5.92 Å². The van der Waals surface area contributed by atoms with Gasteiger partial charge in [0.25, 0.3) is 0 Å². The summed E-state index contributed by atoms with van der Waals surface area (Å²) in [7, 11) is 1.62. The molecule has 1 aliphatic heterocycles. The largest absolute Gasteiger partial charge is 0.342 e. The lowest BCUT2D eigenvalue weighted by Crippen LogP contribution is -2.39. The van der Waals surface area contributed by atoms with Gasteiger partial charge in [-0.1, -0.05) is 55.5 Å². The summed E-state index contributed by atoms with van der Waals surface area (Å²) in [5, 5.41) is 2.88. The average Bonchev–Trinajstić information content (AvgIpc) is 3.13. The van der Waals surface area contributed by atoms with Crippen LogP contribution in [0.3, 0.4) is 0 Å². The van der Waals surface area contributed by atoms with Crippen molar-refractivity contribution in [3.8, 4) is 0 Å². The standard InChI is InChI=1S/C24H29N3O3/c1-3-19-11-7-8-12-21(19)25-22(28)17-26(2)24(30)20-15-23(29)27(16-20)14-13-18-9-5-4-6-10-18/h4-12,20H,3,13-17H2,1-2H3,(H,25,28). The number of hydrogen-bond donors (Lipinski definition) is 1. The molecular weight excluding hydrogens is 378 g/mol. The van der Waals surface area contributed by atoms with Crippen LogP contribution in [0.5, 0.6) is 0 Å². The number of aryl methyl sites for hydroxylation is 1. The number of carbonyl (C=O) groups is 3. The van der Waals surface area contributed by atoms with Gasteiger partial charge >= 0.3 is 0 Å². The zero-order valence-corrected chi connectivity index (χ0v) is 17.6. The smallest absolute Gasteiger partial charge is 0.243 e. The Bertz CT molecular complexity index is 898. The van der Waals surface area contributed by atoms with E-state index in [2.05, 4.69) is 5.32 Å². The Morgan fingerprint density at radius 3 is 2.53 bits per heavy atom. The molecule has 1 atom stereocenters. The molecule has 1 aliphatic rings. The molecule has 0 saturated carbocycles. The van der Waals surface area contributed by atoms with Crippen molar-refractivity contribution in [2.24, 2.45) is 5.92 Å². The molecule has 1 unspecified atom stereocenters. The van der Waals surface area contributed by atoms with Crippen LogP contribution >= 0.6 is 0 Å². The zero-order valence-electron chi connectivity index (χ0n) is 17.6. The number of para-hydroxylation sites is 1. The molecule has 0 spiro atoms. The Kier molecular flexibility index (Phi) is 7.22. The van der Waals surface area contributed by atoms with Crippen LogP contribution in [0.15, 0.2) is 54.6 Å². The minimum Gasteiger partial charge on any atom is -0.342 e. The van der Waals surface area contributed by atoms with Crippen molar-refractivity contribution in [2.45, 2.75) is 26.2 Å². The zero-order chi connectivity index (χ0) is 21.5. The molecule has 2 aromatic carbocycles. The summed E-state index contributed by atoms with van der Waals surface area (Å²) in [6.45, 7) is 3.01. The molecule has 1 saturated heterocycles. The van der Waals surface area contributed by atoms with Gasteiger partial charge in [0.2, 0.25) is 17.7 Å². The van der Waals surface area contributed by atoms with Gasteiger partial charge in [0.1, 0.15) is 0 Å². The van der Waals surface area contributed by atoms with Gasteiger partial charge < -0.3 is 15.1 Å². The van der Waals surface area contributed by atoms with Crippen LogP contribution in [0, 0.1) is 5.92 Å². The summed E-state index contributed by atoms with van der Waals surface area (Å²) in [6, 6.07) is 17.6. The molecule has 2 aromatic rings. The Hall–Kier alpha value is -3.15. The van der Waals surface area contributed by atoms with Crippen molar-refractivity contribution < 1.29 is 14.4 Å². The molecule has 3 amide bonds. The fraction of sp³-hybridized carbons (Fsp3) is 0.375. The lowest BCUT2D eigenvalue weighted by Gasteiger charge is -2.21. The van der Waals surface area contributed by atoms with Gasteiger partial charge in [-0.25, -0.2) is 0 Å². The maximum absolute atomic E-state index is 12.8. The molecule has 6 nitrogen and oxygen atoms in total. The number of likely N-dealkylation sites (N-methyl/N-ethyl adjacent to an activating group) is 1. The summed E-state index contributed by atoms with van der Waals surface area (Å²) >= 11 is 0. The van der Waals surface area contributed by atoms with Crippen molar-refractivity contribution in [3.05, 3.63) is 65.7 Å². The Morgan fingerprint density at radius 1 is 1.10 bits per heavy atom.